The van der Waals surface area contributed by atoms with Crippen LogP contribution in [0, 0.1) is 0 Å². The first-order valence-corrected chi connectivity index (χ1v) is 9.59. The number of rotatable bonds is 0. The van der Waals surface area contributed by atoms with Crippen LogP contribution in [0.3, 0.4) is 0 Å². The van der Waals surface area contributed by atoms with E-state index in [1.165, 1.54) is 11.1 Å². The first-order valence-electron chi connectivity index (χ1n) is 3.20. The molecule has 0 saturated carbocycles. The van der Waals surface area contributed by atoms with Gasteiger partial charge in [-0.3, -0.25) is 0 Å². The summed E-state index contributed by atoms with van der Waals surface area (Å²) in [4.78, 5) is 0. The molecule has 1 aliphatic rings. The van der Waals surface area contributed by atoms with Gasteiger partial charge in [-0.25, -0.2) is 0 Å². The van der Waals surface area contributed by atoms with Gasteiger partial charge in [-0.05, 0) is 31.9 Å². The van der Waals surface area contributed by atoms with E-state index in [4.69, 9.17) is 0 Å². The summed E-state index contributed by atoms with van der Waals surface area (Å²) in [5.74, 6) is 0. The molecule has 0 aromatic carbocycles. The zero-order chi connectivity index (χ0) is 10.7. The highest BCUT2D eigenvalue weighted by Crippen LogP contribution is 2.73. The van der Waals surface area contributed by atoms with Crippen LogP contribution in [0.15, 0.2) is 7.57 Å². The number of thiophene rings is 1. The monoisotopic (exact) mass is 609 g/mol. The van der Waals surface area contributed by atoms with Crippen LogP contribution >= 0.6 is 119 Å². The summed E-state index contributed by atoms with van der Waals surface area (Å²) >= 11 is 25.1. The van der Waals surface area contributed by atoms with Gasteiger partial charge in [0.1, 0.15) is 0 Å². The Morgan fingerprint density at radius 3 is 1.50 bits per heavy atom. The van der Waals surface area contributed by atoms with Gasteiger partial charge < -0.3 is 0 Å². The standard InChI is InChI=1S/C6Br6S2/c7-3-1-2(4(8)13-3)6(11,12)14-5(1,9)10. The summed E-state index contributed by atoms with van der Waals surface area (Å²) < 4.78 is 1.76. The van der Waals surface area contributed by atoms with Crippen LogP contribution in [0.4, 0.5) is 0 Å². The van der Waals surface area contributed by atoms with Crippen molar-refractivity contribution in [3.8, 4) is 0 Å². The quantitative estimate of drug-likeness (QED) is 0.289. The third-order valence-electron chi connectivity index (χ3n) is 1.66. The molecule has 0 N–H and O–H groups in total. The van der Waals surface area contributed by atoms with Crippen LogP contribution in [0.5, 0.6) is 0 Å². The lowest BCUT2D eigenvalue weighted by Gasteiger charge is -2.17. The second-order valence-corrected chi connectivity index (χ2v) is 16.6. The molecule has 0 bridgehead atoms. The zero-order valence-electron chi connectivity index (χ0n) is 6.08. The second kappa shape index (κ2) is 4.24. The minimum Gasteiger partial charge on any atom is -0.120 e. The predicted octanol–water partition coefficient (Wildman–Crippen LogP) is 6.82. The molecule has 1 aromatic heterocycles. The van der Waals surface area contributed by atoms with E-state index in [1.807, 2.05) is 0 Å². The van der Waals surface area contributed by atoms with Gasteiger partial charge in [-0.1, -0.05) is 75.5 Å². The maximum absolute atomic E-state index is 3.66. The largest absolute Gasteiger partial charge is 0.155 e. The Morgan fingerprint density at radius 2 is 1.14 bits per heavy atom. The molecule has 8 heteroatoms. The SMILES string of the molecule is Brc1sc(Br)c2c1C(Br)(Br)SC2(Br)Br. The number of alkyl halides is 4. The molecule has 1 aromatic rings. The topological polar surface area (TPSA) is 0 Å². The fourth-order valence-corrected chi connectivity index (χ4v) is 14.7. The van der Waals surface area contributed by atoms with E-state index in [2.05, 4.69) is 95.6 Å². The van der Waals surface area contributed by atoms with Crippen molar-refractivity contribution in [3.05, 3.63) is 18.7 Å². The van der Waals surface area contributed by atoms with E-state index in [0.717, 1.165) is 7.57 Å². The third-order valence-corrected chi connectivity index (χ3v) is 8.64. The lowest BCUT2D eigenvalue weighted by atomic mass is 10.2. The maximum Gasteiger partial charge on any atom is 0.155 e. The lowest BCUT2D eigenvalue weighted by Crippen LogP contribution is -1.98. The summed E-state index contributed by atoms with van der Waals surface area (Å²) in [7, 11) is 0. The Hall–Kier alpha value is 2.93. The number of fused-ring (bicyclic) bond motifs is 1. The smallest absolute Gasteiger partial charge is 0.120 e. The first-order chi connectivity index (χ1) is 6.26. The van der Waals surface area contributed by atoms with Crippen LogP contribution in [0.25, 0.3) is 0 Å². The molecule has 0 saturated heterocycles. The average molecular weight is 616 g/mol. The molecule has 2 heterocycles. The molecule has 2 rings (SSSR count). The third kappa shape index (κ3) is 2.12. The van der Waals surface area contributed by atoms with Gasteiger partial charge in [-0.15, -0.1) is 11.3 Å². The van der Waals surface area contributed by atoms with Gasteiger partial charge in [0.25, 0.3) is 0 Å². The fourth-order valence-electron chi connectivity index (χ4n) is 1.16. The molecule has 0 unspecified atom stereocenters. The van der Waals surface area contributed by atoms with Crippen molar-refractivity contribution in [1.29, 1.82) is 0 Å². The van der Waals surface area contributed by atoms with Gasteiger partial charge in [0, 0.05) is 11.1 Å². The number of halogens is 6. The zero-order valence-corrected chi connectivity index (χ0v) is 17.2. The Labute approximate surface area is 140 Å². The Morgan fingerprint density at radius 1 is 0.786 bits per heavy atom. The van der Waals surface area contributed by atoms with Gasteiger partial charge in [0.05, 0.1) is 7.57 Å². The number of hydrogen-bond donors (Lipinski definition) is 0. The van der Waals surface area contributed by atoms with Crippen molar-refractivity contribution in [1.82, 2.24) is 0 Å². The Balaban J connectivity index is 2.74. The lowest BCUT2D eigenvalue weighted by molar-refractivity contribution is 1.31. The average Bonchev–Trinajstić information content (AvgIpc) is 2.32. The molecule has 0 nitrogen and oxygen atoms in total. The molecule has 14 heavy (non-hydrogen) atoms. The van der Waals surface area contributed by atoms with Crippen molar-refractivity contribution in [2.24, 2.45) is 0 Å². The van der Waals surface area contributed by atoms with Gasteiger partial charge >= 0.3 is 0 Å². The Bertz CT molecular complexity index is 361. The highest BCUT2D eigenvalue weighted by atomic mass is 79.9. The molecule has 0 amide bonds. The number of hydrogen-bond acceptors (Lipinski definition) is 2. The summed E-state index contributed by atoms with van der Waals surface area (Å²) in [5.41, 5.74) is 2.43. The molecule has 0 radical (unpaired) electrons. The second-order valence-electron chi connectivity index (χ2n) is 2.54. The van der Waals surface area contributed by atoms with Crippen molar-refractivity contribution in [2.75, 3.05) is 0 Å². The van der Waals surface area contributed by atoms with Crippen LogP contribution in [0.2, 0.25) is 0 Å². The van der Waals surface area contributed by atoms with E-state index >= 15 is 0 Å². The minimum atomic E-state index is -0.246. The highest BCUT2D eigenvalue weighted by Gasteiger charge is 2.52. The summed E-state index contributed by atoms with van der Waals surface area (Å²) in [6.45, 7) is 0. The van der Waals surface area contributed by atoms with Crippen molar-refractivity contribution in [2.45, 2.75) is 5.13 Å². The van der Waals surface area contributed by atoms with Gasteiger partial charge in [0.2, 0.25) is 0 Å². The molecule has 0 atom stereocenters. The summed E-state index contributed by atoms with van der Waals surface area (Å²) in [6.07, 6.45) is 0. The Kier molecular flexibility index (Phi) is 4.05. The predicted molar refractivity (Wildman–Crippen MR) is 86.4 cm³/mol. The molecular formula is C6Br6S2. The van der Waals surface area contributed by atoms with E-state index in [9.17, 15) is 0 Å². The minimum absolute atomic E-state index is 0.246. The highest BCUT2D eigenvalue weighted by molar-refractivity contribution is 9.31. The molecule has 0 spiro atoms. The summed E-state index contributed by atoms with van der Waals surface area (Å²) in [5, 5.41) is 0. The van der Waals surface area contributed by atoms with Gasteiger partial charge in [-0.2, -0.15) is 0 Å². The normalized spacial score (nSPS) is 22.4. The molecule has 78 valence electrons. The van der Waals surface area contributed by atoms with E-state index in [0.29, 0.717) is 0 Å². The molecule has 0 fully saturated rings. The van der Waals surface area contributed by atoms with Crippen LogP contribution in [-0.4, -0.2) is 0 Å². The van der Waals surface area contributed by atoms with Crippen LogP contribution < -0.4 is 0 Å². The van der Waals surface area contributed by atoms with Crippen LogP contribution in [0.1, 0.15) is 11.1 Å². The van der Waals surface area contributed by atoms with E-state index in [1.54, 1.807) is 23.1 Å². The van der Waals surface area contributed by atoms with Crippen molar-refractivity contribution < 1.29 is 0 Å². The maximum atomic E-state index is 3.66. The van der Waals surface area contributed by atoms with Gasteiger partial charge in [0.15, 0.2) is 5.13 Å². The van der Waals surface area contributed by atoms with Crippen LogP contribution in [-0.2, 0) is 5.13 Å². The summed E-state index contributed by atoms with van der Waals surface area (Å²) in [6, 6.07) is 0. The van der Waals surface area contributed by atoms with E-state index < -0.39 is 0 Å². The fraction of sp³-hybridized carbons (Fsp3) is 0.333. The van der Waals surface area contributed by atoms with Crippen molar-refractivity contribution >= 4 is 119 Å². The molecular weight excluding hydrogens is 616 g/mol. The molecule has 0 aliphatic carbocycles. The number of thioether (sulfide) groups is 1. The van der Waals surface area contributed by atoms with Crippen molar-refractivity contribution in [3.63, 3.8) is 0 Å². The van der Waals surface area contributed by atoms with E-state index in [-0.39, 0.29) is 5.13 Å². The molecule has 1 aliphatic heterocycles. The first kappa shape index (κ1) is 13.4.